The molecule has 2 aromatic rings. The Hall–Kier alpha value is -1.19. The molecule has 108 valence electrons. The van der Waals surface area contributed by atoms with Crippen molar-refractivity contribution in [3.8, 4) is 0 Å². The molecule has 0 aromatic carbocycles. The van der Waals surface area contributed by atoms with Crippen molar-refractivity contribution < 1.29 is 0 Å². The molecule has 0 aliphatic rings. The Morgan fingerprint density at radius 3 is 2.60 bits per heavy atom. The number of hydrogen-bond acceptors (Lipinski definition) is 3. The topological polar surface area (TPSA) is 24.9 Å². The summed E-state index contributed by atoms with van der Waals surface area (Å²) in [6, 6.07) is 11.2. The first-order valence-electron chi connectivity index (χ1n) is 7.52. The predicted octanol–water partition coefficient (Wildman–Crippen LogP) is 3.86. The number of rotatable bonds is 8. The van der Waals surface area contributed by atoms with Gasteiger partial charge >= 0.3 is 0 Å². The van der Waals surface area contributed by atoms with Gasteiger partial charge in [-0.15, -0.1) is 11.3 Å². The second kappa shape index (κ2) is 8.18. The van der Waals surface area contributed by atoms with E-state index in [4.69, 9.17) is 0 Å². The van der Waals surface area contributed by atoms with Crippen LogP contribution in [0, 0.1) is 0 Å². The smallest absolute Gasteiger partial charge is 0.0419 e. The Balaban J connectivity index is 1.99. The highest BCUT2D eigenvalue weighted by atomic mass is 32.1. The third-order valence-electron chi connectivity index (χ3n) is 3.38. The van der Waals surface area contributed by atoms with E-state index >= 15 is 0 Å². The summed E-state index contributed by atoms with van der Waals surface area (Å²) < 4.78 is 0. The van der Waals surface area contributed by atoms with E-state index in [9.17, 15) is 0 Å². The monoisotopic (exact) mass is 288 g/mol. The summed E-state index contributed by atoms with van der Waals surface area (Å²) in [5.74, 6) is 0. The highest BCUT2D eigenvalue weighted by Crippen LogP contribution is 2.19. The minimum absolute atomic E-state index is 0.480. The second-order valence-electron chi connectivity index (χ2n) is 5.10. The molecule has 0 saturated heterocycles. The summed E-state index contributed by atoms with van der Waals surface area (Å²) in [4.78, 5) is 7.41. The number of nitrogens with zero attached hydrogens (tertiary/aromatic N) is 1. The normalized spacial score (nSPS) is 12.5. The van der Waals surface area contributed by atoms with E-state index in [0.717, 1.165) is 25.8 Å². The van der Waals surface area contributed by atoms with Crippen molar-refractivity contribution in [1.82, 2.24) is 10.3 Å². The van der Waals surface area contributed by atoms with Crippen LogP contribution in [0.4, 0.5) is 0 Å². The highest BCUT2D eigenvalue weighted by molar-refractivity contribution is 7.11. The van der Waals surface area contributed by atoms with Gasteiger partial charge in [0.15, 0.2) is 0 Å². The van der Waals surface area contributed by atoms with Gasteiger partial charge in [-0.25, -0.2) is 0 Å². The molecule has 3 heteroatoms. The van der Waals surface area contributed by atoms with E-state index in [2.05, 4.69) is 48.4 Å². The average molecular weight is 288 g/mol. The number of hydrogen-bond donors (Lipinski definition) is 1. The Kier molecular flexibility index (Phi) is 6.22. The molecule has 1 unspecified atom stereocenters. The van der Waals surface area contributed by atoms with Crippen molar-refractivity contribution in [3.63, 3.8) is 0 Å². The van der Waals surface area contributed by atoms with Crippen molar-refractivity contribution in [1.29, 1.82) is 0 Å². The number of aryl methyl sites for hydroxylation is 1. The fraction of sp³-hybridized carbons (Fsp3) is 0.471. The van der Waals surface area contributed by atoms with Crippen LogP contribution < -0.4 is 5.32 Å². The maximum atomic E-state index is 4.45. The molecule has 0 saturated carbocycles. The van der Waals surface area contributed by atoms with Crippen molar-refractivity contribution in [2.45, 2.75) is 45.6 Å². The van der Waals surface area contributed by atoms with Crippen LogP contribution in [0.1, 0.15) is 35.7 Å². The molecule has 2 nitrogen and oxygen atoms in total. The molecule has 2 aromatic heterocycles. The van der Waals surface area contributed by atoms with Crippen molar-refractivity contribution in [3.05, 3.63) is 52.0 Å². The molecule has 0 aliphatic carbocycles. The Morgan fingerprint density at radius 1 is 1.10 bits per heavy atom. The third-order valence-corrected chi connectivity index (χ3v) is 4.63. The van der Waals surface area contributed by atoms with Gasteiger partial charge in [0.2, 0.25) is 0 Å². The molecule has 0 radical (unpaired) electrons. The predicted molar refractivity (Wildman–Crippen MR) is 87.4 cm³/mol. The van der Waals surface area contributed by atoms with Crippen LogP contribution >= 0.6 is 11.3 Å². The largest absolute Gasteiger partial charge is 0.313 e. The summed E-state index contributed by atoms with van der Waals surface area (Å²) in [5.41, 5.74) is 1.17. The lowest BCUT2D eigenvalue weighted by molar-refractivity contribution is 0.503. The molecule has 0 amide bonds. The summed E-state index contributed by atoms with van der Waals surface area (Å²) in [7, 11) is 0. The van der Waals surface area contributed by atoms with Gasteiger partial charge in [-0.1, -0.05) is 19.9 Å². The molecule has 0 aliphatic heterocycles. The van der Waals surface area contributed by atoms with E-state index in [-0.39, 0.29) is 0 Å². The van der Waals surface area contributed by atoms with Crippen LogP contribution in [0.5, 0.6) is 0 Å². The zero-order valence-electron chi connectivity index (χ0n) is 12.4. The van der Waals surface area contributed by atoms with Crippen LogP contribution in [0.25, 0.3) is 0 Å². The van der Waals surface area contributed by atoms with E-state index in [1.54, 1.807) is 0 Å². The fourth-order valence-corrected chi connectivity index (χ4v) is 3.34. The lowest BCUT2D eigenvalue weighted by atomic mass is 10.1. The minimum Gasteiger partial charge on any atom is -0.313 e. The van der Waals surface area contributed by atoms with Gasteiger partial charge in [0.05, 0.1) is 0 Å². The van der Waals surface area contributed by atoms with Crippen LogP contribution in [-0.2, 0) is 19.3 Å². The molecule has 0 fully saturated rings. The fourth-order valence-electron chi connectivity index (χ4n) is 2.30. The number of aromatic nitrogens is 1. The number of thiophene rings is 1. The maximum Gasteiger partial charge on any atom is 0.0419 e. The summed E-state index contributed by atoms with van der Waals surface area (Å²) in [6.45, 7) is 5.50. The molecule has 0 bridgehead atoms. The van der Waals surface area contributed by atoms with Crippen LogP contribution in [0.3, 0.4) is 0 Å². The summed E-state index contributed by atoms with van der Waals surface area (Å²) >= 11 is 1.94. The van der Waals surface area contributed by atoms with Gasteiger partial charge in [-0.2, -0.15) is 0 Å². The quantitative estimate of drug-likeness (QED) is 0.798. The summed E-state index contributed by atoms with van der Waals surface area (Å²) in [5, 5.41) is 3.66. The first-order valence-corrected chi connectivity index (χ1v) is 8.34. The molecule has 1 atom stereocenters. The van der Waals surface area contributed by atoms with Crippen LogP contribution in [0.15, 0.2) is 36.5 Å². The van der Waals surface area contributed by atoms with Crippen LogP contribution in [-0.4, -0.2) is 17.6 Å². The van der Waals surface area contributed by atoms with Crippen molar-refractivity contribution >= 4 is 11.3 Å². The Bertz CT molecular complexity index is 493. The first-order chi connectivity index (χ1) is 9.81. The van der Waals surface area contributed by atoms with E-state index in [1.807, 2.05) is 23.6 Å². The van der Waals surface area contributed by atoms with Crippen molar-refractivity contribution in [2.24, 2.45) is 0 Å². The molecular weight excluding hydrogens is 264 g/mol. The number of pyridine rings is 1. The molecule has 0 spiro atoms. The van der Waals surface area contributed by atoms with Gasteiger partial charge < -0.3 is 5.32 Å². The zero-order chi connectivity index (χ0) is 14.2. The SMILES string of the molecule is CCCNC(Cc1ccccn1)Cc1ccc(CC)s1. The van der Waals surface area contributed by atoms with Gasteiger partial charge in [0, 0.05) is 34.1 Å². The average Bonchev–Trinajstić information content (AvgIpc) is 2.93. The summed E-state index contributed by atoms with van der Waals surface area (Å²) in [6.07, 6.45) is 6.29. The van der Waals surface area contributed by atoms with Gasteiger partial charge in [-0.05, 0) is 50.1 Å². The molecule has 2 heterocycles. The molecular formula is C17H24N2S. The standard InChI is InChI=1S/C17H24N2S/c1-3-10-18-15(12-14-7-5-6-11-19-14)13-17-9-8-16(4-2)20-17/h5-9,11,15,18H,3-4,10,12-13H2,1-2H3. The van der Waals surface area contributed by atoms with E-state index < -0.39 is 0 Å². The first kappa shape index (κ1) is 15.2. The second-order valence-corrected chi connectivity index (χ2v) is 6.35. The van der Waals surface area contributed by atoms with Gasteiger partial charge in [0.25, 0.3) is 0 Å². The molecule has 2 rings (SSSR count). The Labute approximate surface area is 126 Å². The minimum atomic E-state index is 0.480. The van der Waals surface area contributed by atoms with E-state index in [1.165, 1.54) is 21.9 Å². The molecule has 1 N–H and O–H groups in total. The molecule has 20 heavy (non-hydrogen) atoms. The number of nitrogens with one attached hydrogen (secondary N) is 1. The third kappa shape index (κ3) is 4.73. The lowest BCUT2D eigenvalue weighted by Crippen LogP contribution is -2.33. The Morgan fingerprint density at radius 2 is 1.95 bits per heavy atom. The van der Waals surface area contributed by atoms with Crippen LogP contribution in [0.2, 0.25) is 0 Å². The lowest BCUT2D eigenvalue weighted by Gasteiger charge is -2.17. The zero-order valence-corrected chi connectivity index (χ0v) is 13.2. The van der Waals surface area contributed by atoms with E-state index in [0.29, 0.717) is 6.04 Å². The van der Waals surface area contributed by atoms with Gasteiger partial charge in [0.1, 0.15) is 0 Å². The van der Waals surface area contributed by atoms with Crippen molar-refractivity contribution in [2.75, 3.05) is 6.54 Å². The maximum absolute atomic E-state index is 4.45. The highest BCUT2D eigenvalue weighted by Gasteiger charge is 2.12. The van der Waals surface area contributed by atoms with Gasteiger partial charge in [-0.3, -0.25) is 4.98 Å².